The molecule has 0 atom stereocenters. The number of carbonyl (C=O) groups is 1. The van der Waals surface area contributed by atoms with E-state index in [0.717, 1.165) is 0 Å². The lowest BCUT2D eigenvalue weighted by Gasteiger charge is -2.09. The molecule has 0 saturated heterocycles. The van der Waals surface area contributed by atoms with Gasteiger partial charge in [-0.15, -0.1) is 0 Å². The summed E-state index contributed by atoms with van der Waals surface area (Å²) in [5.74, 6) is -0.0287. The number of hydrogen-bond acceptors (Lipinski definition) is 7. The number of furan rings is 1. The first-order valence-electron chi connectivity index (χ1n) is 10.7. The van der Waals surface area contributed by atoms with Gasteiger partial charge >= 0.3 is 5.97 Å². The zero-order valence-corrected chi connectivity index (χ0v) is 18.8. The normalized spacial score (nSPS) is 11.1. The molecule has 0 aliphatic carbocycles. The molecule has 0 aliphatic heterocycles. The van der Waals surface area contributed by atoms with E-state index in [9.17, 15) is 19.8 Å². The molecule has 0 fully saturated rings. The summed E-state index contributed by atoms with van der Waals surface area (Å²) in [6.07, 6.45) is 0.901. The third-order valence-corrected chi connectivity index (χ3v) is 5.86. The molecule has 8 heteroatoms. The standard InChI is InChI=1S/C27H20O8/c1-32-15-9-7-14(8-10-15)26-17(11-22(29)30)23-21(35-26)12-19(28)24-25(31)18(13-34-27(23)24)16-5-3-4-6-20(16)33-2/h3-10,12-13,28H,11H2,1-2H3,(H,29,30). The number of benzene rings is 3. The van der Waals surface area contributed by atoms with Gasteiger partial charge in [0.1, 0.15) is 40.2 Å². The van der Waals surface area contributed by atoms with E-state index >= 15 is 0 Å². The summed E-state index contributed by atoms with van der Waals surface area (Å²) in [7, 11) is 3.04. The van der Waals surface area contributed by atoms with Gasteiger partial charge in [-0.25, -0.2) is 0 Å². The molecule has 0 bridgehead atoms. The molecule has 5 rings (SSSR count). The maximum Gasteiger partial charge on any atom is 0.307 e. The van der Waals surface area contributed by atoms with Crippen LogP contribution in [0.2, 0.25) is 0 Å². The van der Waals surface area contributed by atoms with E-state index in [0.29, 0.717) is 39.3 Å². The third kappa shape index (κ3) is 3.65. The SMILES string of the molecule is COc1ccc(-c2oc3cc(O)c4c(=O)c(-c5ccccc5OC)coc4c3c2CC(=O)O)cc1. The zero-order chi connectivity index (χ0) is 24.7. The summed E-state index contributed by atoms with van der Waals surface area (Å²) in [5.41, 5.74) is 1.40. The molecule has 35 heavy (non-hydrogen) atoms. The highest BCUT2D eigenvalue weighted by Gasteiger charge is 2.25. The van der Waals surface area contributed by atoms with Crippen molar-refractivity contribution >= 4 is 27.9 Å². The molecular weight excluding hydrogens is 452 g/mol. The number of aliphatic carboxylic acids is 1. The average molecular weight is 472 g/mol. The minimum absolute atomic E-state index is 0.0448. The van der Waals surface area contributed by atoms with Crippen LogP contribution in [0.15, 0.2) is 74.5 Å². The lowest BCUT2D eigenvalue weighted by Crippen LogP contribution is -2.07. The monoisotopic (exact) mass is 472 g/mol. The van der Waals surface area contributed by atoms with Crippen LogP contribution in [0.5, 0.6) is 17.2 Å². The van der Waals surface area contributed by atoms with E-state index in [-0.39, 0.29) is 34.3 Å². The lowest BCUT2D eigenvalue weighted by molar-refractivity contribution is -0.136. The van der Waals surface area contributed by atoms with Crippen molar-refractivity contribution in [2.45, 2.75) is 6.42 Å². The number of ether oxygens (including phenoxy) is 2. The van der Waals surface area contributed by atoms with Gasteiger partial charge in [0.2, 0.25) is 5.43 Å². The number of fused-ring (bicyclic) bond motifs is 3. The van der Waals surface area contributed by atoms with Gasteiger partial charge in [0, 0.05) is 22.8 Å². The van der Waals surface area contributed by atoms with Gasteiger partial charge in [-0.2, -0.15) is 0 Å². The van der Waals surface area contributed by atoms with Crippen molar-refractivity contribution in [3.63, 3.8) is 0 Å². The maximum absolute atomic E-state index is 13.5. The van der Waals surface area contributed by atoms with Crippen LogP contribution in [-0.2, 0) is 11.2 Å². The Morgan fingerprint density at radius 2 is 1.71 bits per heavy atom. The third-order valence-electron chi connectivity index (χ3n) is 5.86. The van der Waals surface area contributed by atoms with E-state index in [1.165, 1.54) is 19.4 Å². The van der Waals surface area contributed by atoms with E-state index in [4.69, 9.17) is 18.3 Å². The number of methoxy groups -OCH3 is 2. The Morgan fingerprint density at radius 3 is 2.40 bits per heavy atom. The Labute approximate surface area is 198 Å². The second-order valence-electron chi connectivity index (χ2n) is 7.86. The molecule has 0 spiro atoms. The second-order valence-corrected chi connectivity index (χ2v) is 7.86. The van der Waals surface area contributed by atoms with Crippen LogP contribution in [0.4, 0.5) is 0 Å². The van der Waals surface area contributed by atoms with Crippen molar-refractivity contribution in [3.05, 3.63) is 76.6 Å². The highest BCUT2D eigenvalue weighted by Crippen LogP contribution is 2.41. The summed E-state index contributed by atoms with van der Waals surface area (Å²) in [6.45, 7) is 0. The van der Waals surface area contributed by atoms with Gasteiger partial charge in [-0.05, 0) is 30.3 Å². The van der Waals surface area contributed by atoms with Crippen LogP contribution in [-0.4, -0.2) is 30.4 Å². The minimum atomic E-state index is -1.09. The number of phenolic OH excluding ortho intramolecular Hbond substituents is 1. The molecular formula is C27H20O8. The molecule has 0 radical (unpaired) electrons. The smallest absolute Gasteiger partial charge is 0.307 e. The van der Waals surface area contributed by atoms with Crippen molar-refractivity contribution < 1.29 is 33.3 Å². The van der Waals surface area contributed by atoms with Crippen molar-refractivity contribution in [3.8, 4) is 39.7 Å². The van der Waals surface area contributed by atoms with E-state index < -0.39 is 11.4 Å². The first-order chi connectivity index (χ1) is 16.9. The van der Waals surface area contributed by atoms with Gasteiger partial charge < -0.3 is 28.5 Å². The van der Waals surface area contributed by atoms with Gasteiger partial charge in [0.05, 0.1) is 31.6 Å². The molecule has 2 heterocycles. The Balaban J connectivity index is 1.82. The fraction of sp³-hybridized carbons (Fsp3) is 0.111. The van der Waals surface area contributed by atoms with E-state index in [1.807, 2.05) is 0 Å². The molecule has 8 nitrogen and oxygen atoms in total. The van der Waals surface area contributed by atoms with Crippen LogP contribution in [0, 0.1) is 0 Å². The Morgan fingerprint density at radius 1 is 0.971 bits per heavy atom. The zero-order valence-electron chi connectivity index (χ0n) is 18.8. The van der Waals surface area contributed by atoms with Crippen LogP contribution in [0.3, 0.4) is 0 Å². The number of rotatable bonds is 6. The average Bonchev–Trinajstić information content (AvgIpc) is 3.21. The molecule has 3 aromatic carbocycles. The quantitative estimate of drug-likeness (QED) is 0.345. The minimum Gasteiger partial charge on any atom is -0.507 e. The molecule has 2 N–H and O–H groups in total. The lowest BCUT2D eigenvalue weighted by atomic mass is 9.99. The van der Waals surface area contributed by atoms with E-state index in [2.05, 4.69) is 0 Å². The van der Waals surface area contributed by atoms with Crippen molar-refractivity contribution in [1.82, 2.24) is 0 Å². The summed E-state index contributed by atoms with van der Waals surface area (Å²) in [5, 5.41) is 20.6. The summed E-state index contributed by atoms with van der Waals surface area (Å²) >= 11 is 0. The molecule has 0 amide bonds. The fourth-order valence-electron chi connectivity index (χ4n) is 4.26. The van der Waals surface area contributed by atoms with Gasteiger partial charge in [-0.1, -0.05) is 18.2 Å². The van der Waals surface area contributed by atoms with Gasteiger partial charge in [-0.3, -0.25) is 9.59 Å². The maximum atomic E-state index is 13.5. The Kier molecular flexibility index (Phi) is 5.41. The first-order valence-corrected chi connectivity index (χ1v) is 10.7. The highest BCUT2D eigenvalue weighted by molar-refractivity contribution is 6.10. The molecule has 176 valence electrons. The van der Waals surface area contributed by atoms with Crippen LogP contribution >= 0.6 is 0 Å². The molecule has 5 aromatic rings. The van der Waals surface area contributed by atoms with Crippen molar-refractivity contribution in [1.29, 1.82) is 0 Å². The number of aromatic hydroxyl groups is 1. The summed E-state index contributed by atoms with van der Waals surface area (Å²) < 4.78 is 22.4. The Hall–Kier alpha value is -4.72. The van der Waals surface area contributed by atoms with Gasteiger partial charge in [0.15, 0.2) is 5.58 Å². The van der Waals surface area contributed by atoms with Crippen LogP contribution in [0.1, 0.15) is 5.56 Å². The number of hydrogen-bond donors (Lipinski definition) is 2. The van der Waals surface area contributed by atoms with Gasteiger partial charge in [0.25, 0.3) is 0 Å². The van der Waals surface area contributed by atoms with Crippen molar-refractivity contribution in [2.75, 3.05) is 14.2 Å². The van der Waals surface area contributed by atoms with Crippen molar-refractivity contribution in [2.24, 2.45) is 0 Å². The molecule has 0 saturated carbocycles. The van der Waals surface area contributed by atoms with Crippen LogP contribution in [0.25, 0.3) is 44.4 Å². The molecule has 0 aliphatic rings. The van der Waals surface area contributed by atoms with E-state index in [1.54, 1.807) is 55.6 Å². The topological polar surface area (TPSA) is 119 Å². The fourth-order valence-corrected chi connectivity index (χ4v) is 4.26. The molecule has 0 unspecified atom stereocenters. The highest BCUT2D eigenvalue weighted by atomic mass is 16.5. The number of carboxylic acid groups (broad SMARTS) is 1. The second kappa shape index (κ2) is 8.57. The summed E-state index contributed by atoms with van der Waals surface area (Å²) in [6, 6.07) is 15.2. The number of phenols is 1. The largest absolute Gasteiger partial charge is 0.507 e. The number of para-hydroxylation sites is 1. The predicted molar refractivity (Wildman–Crippen MR) is 129 cm³/mol. The Bertz CT molecular complexity index is 1640. The van der Waals surface area contributed by atoms with Crippen LogP contribution < -0.4 is 14.9 Å². The predicted octanol–water partition coefficient (Wildman–Crippen LogP) is 5.22. The first kappa shape index (κ1) is 22.1. The molecule has 2 aromatic heterocycles. The summed E-state index contributed by atoms with van der Waals surface area (Å²) in [4.78, 5) is 25.3. The number of carboxylic acids is 1.